The van der Waals surface area contributed by atoms with Gasteiger partial charge in [-0.25, -0.2) is 8.42 Å². The van der Waals surface area contributed by atoms with Crippen molar-refractivity contribution in [2.24, 2.45) is 0 Å². The van der Waals surface area contributed by atoms with Crippen LogP contribution in [-0.2, 0) is 21.0 Å². The second-order valence-electron chi connectivity index (χ2n) is 11.1. The van der Waals surface area contributed by atoms with Gasteiger partial charge in [-0.15, -0.1) is 0 Å². The van der Waals surface area contributed by atoms with Gasteiger partial charge in [-0.2, -0.15) is 0 Å². The predicted molar refractivity (Wildman–Crippen MR) is 170 cm³/mol. The fraction of sp³-hybridized carbons (Fsp3) is 0.294. The highest BCUT2D eigenvalue weighted by molar-refractivity contribution is 7.97. The van der Waals surface area contributed by atoms with Crippen LogP contribution < -0.4 is 0 Å². The Hall–Kier alpha value is -3.46. The van der Waals surface area contributed by atoms with Crippen molar-refractivity contribution in [1.29, 1.82) is 0 Å². The van der Waals surface area contributed by atoms with E-state index in [1.165, 1.54) is 26.3 Å². The number of benzene rings is 4. The highest BCUT2D eigenvalue weighted by Gasteiger charge is 2.32. The van der Waals surface area contributed by atoms with Gasteiger partial charge in [-0.05, 0) is 72.7 Å². The summed E-state index contributed by atoms with van der Waals surface area (Å²) in [7, 11) is -4.83. The number of rotatable bonds is 8. The van der Waals surface area contributed by atoms with Crippen LogP contribution in [0.25, 0.3) is 0 Å². The number of nitrogens with zero attached hydrogens (tertiary/aromatic N) is 1. The quantitative estimate of drug-likeness (QED) is 0.0864. The Kier molecular flexibility index (Phi) is 11.1. The number of nitro groups is 1. The first-order valence-electron chi connectivity index (χ1n) is 14.0. The van der Waals surface area contributed by atoms with E-state index < -0.39 is 25.9 Å². The van der Waals surface area contributed by atoms with Gasteiger partial charge in [-0.1, -0.05) is 95.6 Å². The molecule has 0 heterocycles. The first-order valence-corrected chi connectivity index (χ1v) is 16.6. The van der Waals surface area contributed by atoms with E-state index in [0.29, 0.717) is 11.1 Å². The Balaban J connectivity index is 0.000000231. The molecule has 4 aromatic rings. The lowest BCUT2D eigenvalue weighted by Gasteiger charge is -2.24. The number of nitro benzene ring substituents is 1. The van der Waals surface area contributed by atoms with E-state index in [2.05, 4.69) is 91.9 Å². The number of hydrogen-bond donors (Lipinski definition) is 0. The fourth-order valence-corrected chi connectivity index (χ4v) is 8.07. The third-order valence-corrected chi connectivity index (χ3v) is 10.0. The van der Waals surface area contributed by atoms with Gasteiger partial charge in [-0.3, -0.25) is 10.1 Å². The van der Waals surface area contributed by atoms with Crippen LogP contribution in [0.2, 0.25) is 0 Å². The molecule has 0 amide bonds. The van der Waals surface area contributed by atoms with Crippen LogP contribution in [0.15, 0.2) is 111 Å². The third-order valence-electron chi connectivity index (χ3n) is 6.81. The van der Waals surface area contributed by atoms with Gasteiger partial charge in [0.25, 0.3) is 5.69 Å². The lowest BCUT2D eigenvalue weighted by atomic mass is 9.87. The van der Waals surface area contributed by atoms with Gasteiger partial charge < -0.3 is 4.55 Å². The van der Waals surface area contributed by atoms with Crippen molar-refractivity contribution in [3.63, 3.8) is 0 Å². The molecule has 0 fully saturated rings. The van der Waals surface area contributed by atoms with Crippen LogP contribution in [0.3, 0.4) is 0 Å². The molecule has 0 saturated heterocycles. The third kappa shape index (κ3) is 7.88. The molecule has 8 heteroatoms. The Morgan fingerprint density at radius 3 is 1.45 bits per heavy atom. The molecule has 0 N–H and O–H groups in total. The molecule has 0 bridgehead atoms. The van der Waals surface area contributed by atoms with E-state index >= 15 is 0 Å². The standard InChI is InChI=1S/C19H17S.C15H23NO5S/c1-16-12-14-19(15-13-16)20(17-8-4-2-5-9-17)18-10-6-3-7-11-18;1-8(2)11-7-12(9(3)4)15(22(19,20)21)13(10(5)6)14(11)16(17)18/h2-15H,1H3;7-10H,1-6H3,(H,19,20,21)/q+1;/p-1. The topological polar surface area (TPSA) is 100 Å². The summed E-state index contributed by atoms with van der Waals surface area (Å²) in [6.45, 7) is 12.6. The summed E-state index contributed by atoms with van der Waals surface area (Å²) < 4.78 is 35.3. The first kappa shape index (κ1) is 33.0. The van der Waals surface area contributed by atoms with Crippen LogP contribution in [-0.4, -0.2) is 17.9 Å². The maximum atomic E-state index is 11.8. The fourth-order valence-electron chi connectivity index (χ4n) is 4.80. The van der Waals surface area contributed by atoms with E-state index in [-0.39, 0.29) is 34.0 Å². The Bertz CT molecular complexity index is 1560. The maximum absolute atomic E-state index is 11.8. The van der Waals surface area contributed by atoms with Crippen LogP contribution in [0.5, 0.6) is 0 Å². The molecule has 0 spiro atoms. The van der Waals surface area contributed by atoms with Gasteiger partial charge in [0, 0.05) is 5.56 Å². The van der Waals surface area contributed by atoms with E-state index in [4.69, 9.17) is 0 Å². The monoisotopic (exact) mass is 605 g/mol. The lowest BCUT2D eigenvalue weighted by Crippen LogP contribution is -2.15. The molecular formula is C34H39NO5S2. The van der Waals surface area contributed by atoms with Crippen molar-refractivity contribution in [1.82, 2.24) is 0 Å². The Labute approximate surface area is 253 Å². The second kappa shape index (κ2) is 14.1. The molecular weight excluding hydrogens is 567 g/mol. The Morgan fingerprint density at radius 1 is 0.667 bits per heavy atom. The van der Waals surface area contributed by atoms with E-state index in [9.17, 15) is 23.1 Å². The average molecular weight is 606 g/mol. The normalized spacial score (nSPS) is 11.6. The molecule has 0 aliphatic carbocycles. The maximum Gasteiger partial charge on any atom is 0.277 e. The van der Waals surface area contributed by atoms with E-state index in [1.807, 2.05) is 13.8 Å². The second-order valence-corrected chi connectivity index (χ2v) is 14.4. The average Bonchev–Trinajstić information content (AvgIpc) is 2.94. The molecule has 0 radical (unpaired) electrons. The van der Waals surface area contributed by atoms with Crippen LogP contribution in [0, 0.1) is 17.0 Å². The van der Waals surface area contributed by atoms with Gasteiger partial charge >= 0.3 is 0 Å². The summed E-state index contributed by atoms with van der Waals surface area (Å²) in [5.41, 5.74) is 1.90. The first-order chi connectivity index (χ1) is 19.7. The summed E-state index contributed by atoms with van der Waals surface area (Å²) in [6.07, 6.45) is 0. The SMILES string of the molecule is CC(C)c1cc(C(C)C)c(S(=O)(=O)[O-])c(C(C)C)c1[N+](=O)[O-].Cc1ccc([S+](c2ccccc2)c2ccccc2)cc1. The molecule has 4 rings (SSSR count). The largest absolute Gasteiger partial charge is 0.744 e. The van der Waals surface area contributed by atoms with Gasteiger partial charge in [0.2, 0.25) is 0 Å². The van der Waals surface area contributed by atoms with Crippen molar-refractivity contribution in [2.75, 3.05) is 0 Å². The summed E-state index contributed by atoms with van der Waals surface area (Å²) in [6, 6.07) is 31.9. The van der Waals surface area contributed by atoms with Crippen molar-refractivity contribution in [2.45, 2.75) is 85.8 Å². The zero-order valence-electron chi connectivity index (χ0n) is 25.2. The minimum Gasteiger partial charge on any atom is -0.744 e. The van der Waals surface area contributed by atoms with Crippen LogP contribution in [0.1, 0.15) is 81.5 Å². The van der Waals surface area contributed by atoms with Crippen LogP contribution >= 0.6 is 0 Å². The number of aryl methyl sites for hydroxylation is 1. The minimum absolute atomic E-state index is 0.0229. The molecule has 0 aliphatic rings. The summed E-state index contributed by atoms with van der Waals surface area (Å²) in [5.74, 6) is -0.830. The van der Waals surface area contributed by atoms with Crippen molar-refractivity contribution in [3.8, 4) is 0 Å². The van der Waals surface area contributed by atoms with E-state index in [0.717, 1.165) is 0 Å². The smallest absolute Gasteiger partial charge is 0.277 e. The van der Waals surface area contributed by atoms with Crippen molar-refractivity contribution >= 4 is 26.7 Å². The molecule has 6 nitrogen and oxygen atoms in total. The van der Waals surface area contributed by atoms with Gasteiger partial charge in [0.1, 0.15) is 10.1 Å². The van der Waals surface area contributed by atoms with E-state index in [1.54, 1.807) is 27.7 Å². The van der Waals surface area contributed by atoms with Gasteiger partial charge in [0.05, 0.1) is 26.3 Å². The zero-order chi connectivity index (χ0) is 31.2. The lowest BCUT2D eigenvalue weighted by molar-refractivity contribution is -0.386. The summed E-state index contributed by atoms with van der Waals surface area (Å²) >= 11 is 0. The number of hydrogen-bond acceptors (Lipinski definition) is 5. The molecule has 0 aromatic heterocycles. The highest BCUT2D eigenvalue weighted by Crippen LogP contribution is 2.42. The minimum atomic E-state index is -4.81. The van der Waals surface area contributed by atoms with Crippen molar-refractivity contribution in [3.05, 3.63) is 123 Å². The summed E-state index contributed by atoms with van der Waals surface area (Å²) in [4.78, 5) is 14.6. The van der Waals surface area contributed by atoms with Gasteiger partial charge in [0.15, 0.2) is 14.7 Å². The molecule has 42 heavy (non-hydrogen) atoms. The predicted octanol–water partition coefficient (Wildman–Crippen LogP) is 8.96. The summed E-state index contributed by atoms with van der Waals surface area (Å²) in [5, 5.41) is 11.5. The Morgan fingerprint density at radius 2 is 1.10 bits per heavy atom. The molecule has 0 saturated carbocycles. The van der Waals surface area contributed by atoms with Crippen LogP contribution in [0.4, 0.5) is 5.69 Å². The molecule has 0 unspecified atom stereocenters. The molecule has 0 atom stereocenters. The molecule has 4 aromatic carbocycles. The zero-order valence-corrected chi connectivity index (χ0v) is 26.8. The molecule has 222 valence electrons. The molecule has 0 aliphatic heterocycles. The van der Waals surface area contributed by atoms with Crippen molar-refractivity contribution < 1.29 is 17.9 Å². The highest BCUT2D eigenvalue weighted by atomic mass is 32.2.